The van der Waals surface area contributed by atoms with Gasteiger partial charge in [0.1, 0.15) is 0 Å². The summed E-state index contributed by atoms with van der Waals surface area (Å²) in [6.45, 7) is 8.29. The van der Waals surface area contributed by atoms with Crippen LogP contribution in [0, 0.1) is 6.92 Å². The zero-order valence-electron chi connectivity index (χ0n) is 16.8. The number of furan rings is 1. The highest BCUT2D eigenvalue weighted by Gasteiger charge is 2.22. The molecule has 1 aromatic heterocycles. The Labute approximate surface area is 167 Å². The summed E-state index contributed by atoms with van der Waals surface area (Å²) in [4.78, 5) is 16.7. The number of guanidine groups is 1. The minimum atomic E-state index is -0.159. The molecule has 3 N–H and O–H groups in total. The summed E-state index contributed by atoms with van der Waals surface area (Å²) in [6, 6.07) is 2.30. The number of rotatable bonds is 9. The monoisotopic (exact) mass is 394 g/mol. The van der Waals surface area contributed by atoms with Crippen LogP contribution in [0.4, 0.5) is 0 Å². The molecule has 0 aliphatic heterocycles. The van der Waals surface area contributed by atoms with E-state index in [1.807, 2.05) is 6.92 Å². The van der Waals surface area contributed by atoms with Gasteiger partial charge in [-0.15, -0.1) is 0 Å². The van der Waals surface area contributed by atoms with Gasteiger partial charge in [-0.25, -0.2) is 0 Å². The molecule has 1 amide bonds. The van der Waals surface area contributed by atoms with E-state index < -0.39 is 0 Å². The smallest absolute Gasteiger partial charge is 0.287 e. The van der Waals surface area contributed by atoms with E-state index in [1.54, 1.807) is 6.07 Å². The molecule has 1 fully saturated rings. The summed E-state index contributed by atoms with van der Waals surface area (Å²) in [6.07, 6.45) is 7.37. The highest BCUT2D eigenvalue weighted by Crippen LogP contribution is 2.28. The summed E-state index contributed by atoms with van der Waals surface area (Å²) < 4.78 is 5.20. The molecule has 1 saturated carbocycles. The molecular weight excluding hydrogens is 360 g/mol. The Balaban J connectivity index is 1.73. The third-order valence-electron chi connectivity index (χ3n) is 4.67. The SMILES string of the molecule is CCNC(=NCCCNC(=O)c1occc1C)NC1CCCC(SCC)C1. The van der Waals surface area contributed by atoms with Crippen LogP contribution in [0.5, 0.6) is 0 Å². The first kappa shape index (κ1) is 21.7. The Morgan fingerprint density at radius 3 is 2.89 bits per heavy atom. The Hall–Kier alpha value is -1.63. The largest absolute Gasteiger partial charge is 0.459 e. The number of hydrogen-bond donors (Lipinski definition) is 3. The molecule has 1 aromatic rings. The van der Waals surface area contributed by atoms with Crippen molar-refractivity contribution < 1.29 is 9.21 Å². The zero-order valence-corrected chi connectivity index (χ0v) is 17.7. The van der Waals surface area contributed by atoms with Crippen molar-refractivity contribution in [1.29, 1.82) is 0 Å². The fraction of sp³-hybridized carbons (Fsp3) is 0.700. The highest BCUT2D eigenvalue weighted by molar-refractivity contribution is 7.99. The first-order valence-electron chi connectivity index (χ1n) is 10.1. The molecule has 1 heterocycles. The van der Waals surface area contributed by atoms with Crippen LogP contribution in [0.1, 0.15) is 62.1 Å². The number of aliphatic imine (C=N–C) groups is 1. The van der Waals surface area contributed by atoms with Crippen LogP contribution in [0.15, 0.2) is 21.7 Å². The topological polar surface area (TPSA) is 78.7 Å². The van der Waals surface area contributed by atoms with Crippen molar-refractivity contribution >= 4 is 23.6 Å². The molecule has 0 bridgehead atoms. The third kappa shape index (κ3) is 7.48. The normalized spacial score (nSPS) is 20.3. The fourth-order valence-corrected chi connectivity index (χ4v) is 4.51. The summed E-state index contributed by atoms with van der Waals surface area (Å²) in [5.74, 6) is 2.31. The number of aryl methyl sites for hydroxylation is 1. The van der Waals surface area contributed by atoms with Crippen LogP contribution in [-0.2, 0) is 0 Å². The Bertz CT molecular complexity index is 601. The molecule has 1 aliphatic carbocycles. The number of carbonyl (C=O) groups excluding carboxylic acids is 1. The van der Waals surface area contributed by atoms with E-state index >= 15 is 0 Å². The predicted molar refractivity (Wildman–Crippen MR) is 114 cm³/mol. The zero-order chi connectivity index (χ0) is 19.5. The van der Waals surface area contributed by atoms with Crippen molar-refractivity contribution in [3.05, 3.63) is 23.7 Å². The van der Waals surface area contributed by atoms with Crippen LogP contribution in [0.25, 0.3) is 0 Å². The molecule has 0 aromatic carbocycles. The van der Waals surface area contributed by atoms with Gasteiger partial charge >= 0.3 is 0 Å². The lowest BCUT2D eigenvalue weighted by Gasteiger charge is -2.30. The predicted octanol–water partition coefficient (Wildman–Crippen LogP) is 3.33. The van der Waals surface area contributed by atoms with Crippen molar-refractivity contribution in [3.63, 3.8) is 0 Å². The second-order valence-corrected chi connectivity index (χ2v) is 8.47. The van der Waals surface area contributed by atoms with Gasteiger partial charge in [-0.05, 0) is 51.3 Å². The maximum Gasteiger partial charge on any atom is 0.287 e. The summed E-state index contributed by atoms with van der Waals surface area (Å²) >= 11 is 2.08. The molecule has 2 unspecified atom stereocenters. The molecule has 6 nitrogen and oxygen atoms in total. The van der Waals surface area contributed by atoms with Gasteiger partial charge in [0.15, 0.2) is 11.7 Å². The van der Waals surface area contributed by atoms with Gasteiger partial charge < -0.3 is 20.4 Å². The third-order valence-corrected chi connectivity index (χ3v) is 5.91. The molecule has 7 heteroatoms. The van der Waals surface area contributed by atoms with Crippen molar-refractivity contribution in [2.24, 2.45) is 4.99 Å². The fourth-order valence-electron chi connectivity index (χ4n) is 3.33. The van der Waals surface area contributed by atoms with Gasteiger partial charge in [-0.1, -0.05) is 13.3 Å². The maximum atomic E-state index is 12.0. The van der Waals surface area contributed by atoms with E-state index in [1.165, 1.54) is 37.7 Å². The highest BCUT2D eigenvalue weighted by atomic mass is 32.2. The Morgan fingerprint density at radius 2 is 2.19 bits per heavy atom. The standard InChI is InChI=1S/C20H34N4O2S/c1-4-21-20(24-16-8-6-9-17(14-16)27-5-2)23-12-7-11-22-19(25)18-15(3)10-13-26-18/h10,13,16-17H,4-9,11-12,14H2,1-3H3,(H,22,25)(H2,21,23,24). The van der Waals surface area contributed by atoms with Gasteiger partial charge in [0.05, 0.1) is 6.26 Å². The molecule has 0 spiro atoms. The van der Waals surface area contributed by atoms with Crippen molar-refractivity contribution in [2.75, 3.05) is 25.4 Å². The van der Waals surface area contributed by atoms with Crippen LogP contribution in [0.3, 0.4) is 0 Å². The minimum Gasteiger partial charge on any atom is -0.459 e. The van der Waals surface area contributed by atoms with Crippen LogP contribution in [-0.4, -0.2) is 48.5 Å². The van der Waals surface area contributed by atoms with Crippen molar-refractivity contribution in [2.45, 2.75) is 64.2 Å². The molecule has 2 atom stereocenters. The van der Waals surface area contributed by atoms with E-state index in [0.717, 1.165) is 29.7 Å². The quantitative estimate of drug-likeness (QED) is 0.340. The van der Waals surface area contributed by atoms with Gasteiger partial charge in [0.2, 0.25) is 0 Å². The van der Waals surface area contributed by atoms with E-state index in [-0.39, 0.29) is 5.91 Å². The van der Waals surface area contributed by atoms with E-state index in [0.29, 0.717) is 24.9 Å². The van der Waals surface area contributed by atoms with Gasteiger partial charge in [-0.2, -0.15) is 11.8 Å². The van der Waals surface area contributed by atoms with Gasteiger partial charge in [0.25, 0.3) is 5.91 Å². The number of nitrogens with zero attached hydrogens (tertiary/aromatic N) is 1. The molecular formula is C20H34N4O2S. The van der Waals surface area contributed by atoms with Crippen molar-refractivity contribution in [3.8, 4) is 0 Å². The Kier molecular flexibility index (Phi) is 9.59. The summed E-state index contributed by atoms with van der Waals surface area (Å²) in [5.41, 5.74) is 0.858. The number of carbonyl (C=O) groups is 1. The maximum absolute atomic E-state index is 12.0. The van der Waals surface area contributed by atoms with E-state index in [4.69, 9.17) is 4.42 Å². The first-order valence-corrected chi connectivity index (χ1v) is 11.2. The lowest BCUT2D eigenvalue weighted by atomic mass is 9.95. The van der Waals surface area contributed by atoms with E-state index in [9.17, 15) is 4.79 Å². The molecule has 0 radical (unpaired) electrons. The summed E-state index contributed by atoms with van der Waals surface area (Å²) in [7, 11) is 0. The number of nitrogens with one attached hydrogen (secondary N) is 3. The average Bonchev–Trinajstić information content (AvgIpc) is 3.08. The minimum absolute atomic E-state index is 0.159. The second kappa shape index (κ2) is 12.0. The molecule has 2 rings (SSSR count). The van der Waals surface area contributed by atoms with Gasteiger partial charge in [-0.3, -0.25) is 9.79 Å². The molecule has 27 heavy (non-hydrogen) atoms. The van der Waals surface area contributed by atoms with E-state index in [2.05, 4.69) is 46.6 Å². The molecule has 1 aliphatic rings. The number of hydrogen-bond acceptors (Lipinski definition) is 4. The van der Waals surface area contributed by atoms with Crippen molar-refractivity contribution in [1.82, 2.24) is 16.0 Å². The second-order valence-electron chi connectivity index (χ2n) is 6.89. The van der Waals surface area contributed by atoms with Gasteiger partial charge in [0, 0.05) is 36.5 Å². The average molecular weight is 395 g/mol. The van der Waals surface area contributed by atoms with Crippen LogP contribution < -0.4 is 16.0 Å². The lowest BCUT2D eigenvalue weighted by Crippen LogP contribution is -2.45. The lowest BCUT2D eigenvalue weighted by molar-refractivity contribution is 0.0925. The van der Waals surface area contributed by atoms with Crippen LogP contribution >= 0.6 is 11.8 Å². The Morgan fingerprint density at radius 1 is 1.33 bits per heavy atom. The summed E-state index contributed by atoms with van der Waals surface area (Å²) in [5, 5.41) is 10.6. The van der Waals surface area contributed by atoms with Crippen LogP contribution in [0.2, 0.25) is 0 Å². The first-order chi connectivity index (χ1) is 13.1. The number of thioether (sulfide) groups is 1. The molecule has 152 valence electrons. The number of amides is 1. The molecule has 0 saturated heterocycles.